The van der Waals surface area contributed by atoms with Crippen LogP contribution < -0.4 is 0 Å². The molecule has 0 aliphatic heterocycles. The van der Waals surface area contributed by atoms with Crippen molar-refractivity contribution in [3.8, 4) is 22.6 Å². The summed E-state index contributed by atoms with van der Waals surface area (Å²) in [5, 5.41) is 10.5. The Labute approximate surface area is 181 Å². The molecule has 31 heavy (non-hydrogen) atoms. The summed E-state index contributed by atoms with van der Waals surface area (Å²) >= 11 is 0. The molecule has 1 N–H and O–H groups in total. The summed E-state index contributed by atoms with van der Waals surface area (Å²) in [6.07, 6.45) is 9.02. The van der Waals surface area contributed by atoms with Gasteiger partial charge in [-0.05, 0) is 54.3 Å². The number of rotatable bonds is 5. The molecule has 3 nitrogen and oxygen atoms in total. The van der Waals surface area contributed by atoms with Crippen molar-refractivity contribution in [2.24, 2.45) is 0 Å². The van der Waals surface area contributed by atoms with Crippen LogP contribution in [0.3, 0.4) is 0 Å². The average Bonchev–Trinajstić information content (AvgIpc) is 3.41. The minimum absolute atomic E-state index is 0.0362. The highest BCUT2D eigenvalue weighted by Crippen LogP contribution is 2.41. The number of aromatic nitrogens is 1. The Morgan fingerprint density at radius 1 is 1.06 bits per heavy atom. The number of aryl methyl sites for hydroxylation is 1. The van der Waals surface area contributed by atoms with Crippen molar-refractivity contribution >= 4 is 16.7 Å². The van der Waals surface area contributed by atoms with Crippen LogP contribution in [0.2, 0.25) is 0 Å². The van der Waals surface area contributed by atoms with Gasteiger partial charge in [-0.15, -0.1) is 0 Å². The predicted octanol–water partition coefficient (Wildman–Crippen LogP) is 6.40. The van der Waals surface area contributed by atoms with Gasteiger partial charge in [0.25, 0.3) is 0 Å². The Kier molecular flexibility index (Phi) is 5.05. The molecule has 5 rings (SSSR count). The Bertz CT molecular complexity index is 1340. The summed E-state index contributed by atoms with van der Waals surface area (Å²) in [4.78, 5) is 0. The largest absolute Gasteiger partial charge is 0.455 e. The molecule has 0 unspecified atom stereocenters. The lowest BCUT2D eigenvalue weighted by molar-refractivity contribution is 0.343. The zero-order valence-corrected chi connectivity index (χ0v) is 17.2. The van der Waals surface area contributed by atoms with Gasteiger partial charge in [-0.1, -0.05) is 66.9 Å². The number of para-hydroxylation sites is 1. The van der Waals surface area contributed by atoms with E-state index in [2.05, 4.69) is 59.3 Å². The third kappa shape index (κ3) is 3.40. The number of aliphatic hydroxyl groups excluding tert-OH is 1. The zero-order chi connectivity index (χ0) is 21.2. The molecule has 2 aromatic carbocycles. The molecular weight excluding hydrogens is 382 g/mol. The minimum atomic E-state index is -0.0362. The van der Waals surface area contributed by atoms with E-state index in [1.54, 1.807) is 18.2 Å². The third-order valence-corrected chi connectivity index (χ3v) is 5.69. The number of hydrogen-bond acceptors (Lipinski definition) is 2. The van der Waals surface area contributed by atoms with Crippen molar-refractivity contribution < 1.29 is 9.52 Å². The first-order chi connectivity index (χ1) is 15.3. The van der Waals surface area contributed by atoms with E-state index in [9.17, 15) is 5.11 Å². The Balaban J connectivity index is 1.81. The average molecular weight is 405 g/mol. The summed E-state index contributed by atoms with van der Waals surface area (Å²) < 4.78 is 8.46. The topological polar surface area (TPSA) is 38.3 Å². The summed E-state index contributed by atoms with van der Waals surface area (Å²) in [5.41, 5.74) is 11.1. The summed E-state index contributed by atoms with van der Waals surface area (Å²) in [7, 11) is 0. The van der Waals surface area contributed by atoms with E-state index < -0.39 is 0 Å². The van der Waals surface area contributed by atoms with Crippen molar-refractivity contribution in [3.05, 3.63) is 109 Å². The minimum Gasteiger partial charge on any atom is -0.455 e. The molecule has 0 radical (unpaired) electrons. The Hall–Kier alpha value is -3.78. The molecule has 0 atom stereocenters. The van der Waals surface area contributed by atoms with E-state index in [1.807, 2.05) is 24.3 Å². The van der Waals surface area contributed by atoms with Crippen LogP contribution in [-0.4, -0.2) is 16.3 Å². The van der Waals surface area contributed by atoms with Gasteiger partial charge in [0.15, 0.2) is 5.76 Å². The SMILES string of the molecule is C=CC=C=C(/C=C/CO)n1c(-c2cc3ccccc3o2)cc2c1CCc1ccccc1-2. The Morgan fingerprint density at radius 3 is 2.74 bits per heavy atom. The van der Waals surface area contributed by atoms with Crippen LogP contribution in [-0.2, 0) is 12.8 Å². The molecule has 0 bridgehead atoms. The van der Waals surface area contributed by atoms with Crippen molar-refractivity contribution in [1.29, 1.82) is 0 Å². The van der Waals surface area contributed by atoms with Gasteiger partial charge < -0.3 is 14.1 Å². The molecular formula is C28H23NO2. The first-order valence-corrected chi connectivity index (χ1v) is 10.5. The maximum atomic E-state index is 9.40. The summed E-state index contributed by atoms with van der Waals surface area (Å²) in [6.45, 7) is 3.75. The van der Waals surface area contributed by atoms with Gasteiger partial charge in [0.05, 0.1) is 18.0 Å². The molecule has 4 aromatic rings. The predicted molar refractivity (Wildman–Crippen MR) is 127 cm³/mol. The van der Waals surface area contributed by atoms with Gasteiger partial charge >= 0.3 is 0 Å². The normalized spacial score (nSPS) is 12.4. The van der Waals surface area contributed by atoms with Crippen LogP contribution in [0.15, 0.2) is 102 Å². The number of hydrogen-bond donors (Lipinski definition) is 1. The van der Waals surface area contributed by atoms with Gasteiger partial charge in [-0.2, -0.15) is 0 Å². The second-order valence-electron chi connectivity index (χ2n) is 7.55. The van der Waals surface area contributed by atoms with Gasteiger partial charge in [-0.3, -0.25) is 0 Å². The highest BCUT2D eigenvalue weighted by atomic mass is 16.3. The Morgan fingerprint density at radius 2 is 1.90 bits per heavy atom. The molecule has 0 saturated carbocycles. The van der Waals surface area contributed by atoms with E-state index in [0.717, 1.165) is 41.0 Å². The lowest BCUT2D eigenvalue weighted by Crippen LogP contribution is -2.09. The molecule has 0 amide bonds. The van der Waals surface area contributed by atoms with Crippen LogP contribution in [0.25, 0.3) is 39.2 Å². The maximum absolute atomic E-state index is 9.40. The standard InChI is InChI=1S/C28H23NO2/c1-2-3-11-22(12-8-17-30)29-25-16-15-20-9-4-6-13-23(20)24(25)19-26(29)28-18-21-10-5-7-14-27(21)31-28/h2-10,12-14,18-19,30H,1,15-17H2/b12-8+. The van der Waals surface area contributed by atoms with Gasteiger partial charge in [0, 0.05) is 16.6 Å². The quantitative estimate of drug-likeness (QED) is 0.308. The van der Waals surface area contributed by atoms with E-state index in [1.165, 1.54) is 22.4 Å². The van der Waals surface area contributed by atoms with Crippen LogP contribution in [0.5, 0.6) is 0 Å². The molecule has 1 aliphatic rings. The van der Waals surface area contributed by atoms with E-state index in [0.29, 0.717) is 0 Å². The molecule has 3 heteroatoms. The number of allylic oxidation sites excluding steroid dienone is 3. The summed E-state index contributed by atoms with van der Waals surface area (Å²) in [6, 6.07) is 20.9. The van der Waals surface area contributed by atoms with Crippen LogP contribution in [0.1, 0.15) is 11.3 Å². The smallest absolute Gasteiger partial charge is 0.152 e. The van der Waals surface area contributed by atoms with Crippen molar-refractivity contribution in [3.63, 3.8) is 0 Å². The van der Waals surface area contributed by atoms with Gasteiger partial charge in [-0.25, -0.2) is 0 Å². The molecule has 0 spiro atoms. The van der Waals surface area contributed by atoms with E-state index in [-0.39, 0.29) is 6.61 Å². The maximum Gasteiger partial charge on any atom is 0.152 e. The summed E-state index contributed by atoms with van der Waals surface area (Å²) in [5.74, 6) is 0.809. The number of aliphatic hydroxyl groups is 1. The van der Waals surface area contributed by atoms with Crippen LogP contribution >= 0.6 is 0 Å². The zero-order valence-electron chi connectivity index (χ0n) is 17.2. The second-order valence-corrected chi connectivity index (χ2v) is 7.55. The number of nitrogens with zero attached hydrogens (tertiary/aromatic N) is 1. The van der Waals surface area contributed by atoms with Crippen molar-refractivity contribution in [2.75, 3.05) is 6.61 Å². The lowest BCUT2D eigenvalue weighted by atomic mass is 9.90. The fourth-order valence-electron chi connectivity index (χ4n) is 4.34. The number of fused-ring (bicyclic) bond motifs is 4. The van der Waals surface area contributed by atoms with E-state index in [4.69, 9.17) is 4.42 Å². The van der Waals surface area contributed by atoms with Crippen LogP contribution in [0, 0.1) is 0 Å². The molecule has 0 fully saturated rings. The highest BCUT2D eigenvalue weighted by Gasteiger charge is 2.25. The molecule has 0 saturated heterocycles. The van der Waals surface area contributed by atoms with Gasteiger partial charge in [0.1, 0.15) is 5.58 Å². The molecule has 1 aliphatic carbocycles. The van der Waals surface area contributed by atoms with Gasteiger partial charge in [0.2, 0.25) is 0 Å². The first kappa shape index (κ1) is 19.2. The lowest BCUT2D eigenvalue weighted by Gasteiger charge is -2.19. The third-order valence-electron chi connectivity index (χ3n) is 5.69. The highest BCUT2D eigenvalue weighted by molar-refractivity contribution is 5.86. The van der Waals surface area contributed by atoms with Crippen molar-refractivity contribution in [1.82, 2.24) is 4.57 Å². The fourth-order valence-corrected chi connectivity index (χ4v) is 4.34. The van der Waals surface area contributed by atoms with Crippen LogP contribution in [0.4, 0.5) is 0 Å². The molecule has 2 heterocycles. The van der Waals surface area contributed by atoms with E-state index >= 15 is 0 Å². The molecule has 2 aromatic heterocycles. The second kappa shape index (κ2) is 8.16. The molecule has 152 valence electrons. The monoisotopic (exact) mass is 405 g/mol. The number of furan rings is 1. The first-order valence-electron chi connectivity index (χ1n) is 10.5. The fraction of sp³-hybridized carbons (Fsp3) is 0.107. The van der Waals surface area contributed by atoms with Crippen molar-refractivity contribution in [2.45, 2.75) is 12.8 Å². The number of benzene rings is 2.